The van der Waals surface area contributed by atoms with Crippen LogP contribution in [0.4, 0.5) is 0 Å². The number of benzene rings is 1. The van der Waals surface area contributed by atoms with Crippen LogP contribution in [0.15, 0.2) is 36.5 Å². The first-order valence-corrected chi connectivity index (χ1v) is 8.98. The lowest BCUT2D eigenvalue weighted by Crippen LogP contribution is -2.03. The number of rotatable bonds is 6. The number of carbonyl (C=O) groups is 1. The Kier molecular flexibility index (Phi) is 5.19. The van der Waals surface area contributed by atoms with Gasteiger partial charge in [-0.05, 0) is 18.6 Å². The van der Waals surface area contributed by atoms with Crippen LogP contribution < -0.4 is 4.74 Å². The van der Waals surface area contributed by atoms with Gasteiger partial charge in [0.1, 0.15) is 5.01 Å². The second kappa shape index (κ2) is 7.53. The van der Waals surface area contributed by atoms with Crippen LogP contribution in [0.3, 0.4) is 0 Å². The first-order chi connectivity index (χ1) is 12.1. The molecule has 0 radical (unpaired) electrons. The van der Waals surface area contributed by atoms with Gasteiger partial charge in [-0.3, -0.25) is 4.79 Å². The van der Waals surface area contributed by atoms with Crippen LogP contribution in [-0.4, -0.2) is 21.6 Å². The average Bonchev–Trinajstić information content (AvgIpc) is 3.02. The SMILES string of the molecule is CCCC(=N)Cc1cnc(-c2cccc3ccc(OC(C)=O)nc23)s1. The Morgan fingerprint density at radius 1 is 1.28 bits per heavy atom. The van der Waals surface area contributed by atoms with Gasteiger partial charge in [0, 0.05) is 47.1 Å². The van der Waals surface area contributed by atoms with Gasteiger partial charge in [-0.15, -0.1) is 11.3 Å². The van der Waals surface area contributed by atoms with Crippen molar-refractivity contribution in [2.75, 3.05) is 0 Å². The number of nitrogens with zero attached hydrogens (tertiary/aromatic N) is 2. The molecule has 0 amide bonds. The van der Waals surface area contributed by atoms with Gasteiger partial charge >= 0.3 is 5.97 Å². The number of aromatic nitrogens is 2. The molecule has 0 aliphatic rings. The summed E-state index contributed by atoms with van der Waals surface area (Å²) in [5.41, 5.74) is 2.39. The van der Waals surface area contributed by atoms with Gasteiger partial charge in [-0.25, -0.2) is 9.97 Å². The Labute approximate surface area is 150 Å². The zero-order chi connectivity index (χ0) is 17.8. The van der Waals surface area contributed by atoms with E-state index in [1.807, 2.05) is 30.5 Å². The fraction of sp³-hybridized carbons (Fsp3) is 0.263. The van der Waals surface area contributed by atoms with Crippen molar-refractivity contribution in [3.63, 3.8) is 0 Å². The molecule has 1 aromatic carbocycles. The Morgan fingerprint density at radius 2 is 2.12 bits per heavy atom. The molecule has 2 aromatic heterocycles. The van der Waals surface area contributed by atoms with Gasteiger partial charge in [0.15, 0.2) is 0 Å². The van der Waals surface area contributed by atoms with E-state index < -0.39 is 5.97 Å². The third-order valence-corrected chi connectivity index (χ3v) is 4.70. The molecule has 25 heavy (non-hydrogen) atoms. The van der Waals surface area contributed by atoms with Gasteiger partial charge in [-0.2, -0.15) is 0 Å². The summed E-state index contributed by atoms with van der Waals surface area (Å²) >= 11 is 1.58. The van der Waals surface area contributed by atoms with Crippen molar-refractivity contribution in [2.45, 2.75) is 33.1 Å². The summed E-state index contributed by atoms with van der Waals surface area (Å²) in [6, 6.07) is 9.47. The minimum Gasteiger partial charge on any atom is -0.408 e. The zero-order valence-corrected chi connectivity index (χ0v) is 15.0. The van der Waals surface area contributed by atoms with Gasteiger partial charge in [0.25, 0.3) is 0 Å². The van der Waals surface area contributed by atoms with Crippen LogP contribution in [0, 0.1) is 5.41 Å². The van der Waals surface area contributed by atoms with Crippen molar-refractivity contribution in [3.05, 3.63) is 41.4 Å². The van der Waals surface area contributed by atoms with Gasteiger partial charge < -0.3 is 10.1 Å². The maximum absolute atomic E-state index is 11.2. The number of carbonyl (C=O) groups excluding carboxylic acids is 1. The summed E-state index contributed by atoms with van der Waals surface area (Å²) < 4.78 is 5.10. The smallest absolute Gasteiger partial charge is 0.309 e. The molecule has 0 aliphatic carbocycles. The van der Waals surface area contributed by atoms with E-state index in [1.165, 1.54) is 6.92 Å². The molecule has 1 N–H and O–H groups in total. The highest BCUT2D eigenvalue weighted by atomic mass is 32.1. The van der Waals surface area contributed by atoms with Crippen molar-refractivity contribution in [1.82, 2.24) is 9.97 Å². The van der Waals surface area contributed by atoms with E-state index in [4.69, 9.17) is 10.1 Å². The molecule has 0 saturated carbocycles. The van der Waals surface area contributed by atoms with E-state index in [9.17, 15) is 4.79 Å². The number of ether oxygens (including phenoxy) is 1. The molecule has 0 aliphatic heterocycles. The molecule has 2 heterocycles. The first-order valence-electron chi connectivity index (χ1n) is 8.16. The lowest BCUT2D eigenvalue weighted by atomic mass is 10.1. The van der Waals surface area contributed by atoms with Gasteiger partial charge in [0.05, 0.1) is 5.52 Å². The highest BCUT2D eigenvalue weighted by Crippen LogP contribution is 2.32. The van der Waals surface area contributed by atoms with Crippen molar-refractivity contribution in [3.8, 4) is 16.5 Å². The van der Waals surface area contributed by atoms with E-state index in [0.717, 1.165) is 44.9 Å². The summed E-state index contributed by atoms with van der Waals surface area (Å²) in [5, 5.41) is 9.80. The summed E-state index contributed by atoms with van der Waals surface area (Å²) in [6.07, 6.45) is 4.27. The van der Waals surface area contributed by atoms with E-state index in [-0.39, 0.29) is 5.88 Å². The predicted molar refractivity (Wildman–Crippen MR) is 100 cm³/mol. The molecule has 0 fully saturated rings. The number of fused-ring (bicyclic) bond motifs is 1. The average molecular weight is 353 g/mol. The number of nitrogens with one attached hydrogen (secondary N) is 1. The van der Waals surface area contributed by atoms with Crippen LogP contribution in [0.25, 0.3) is 21.5 Å². The van der Waals surface area contributed by atoms with E-state index >= 15 is 0 Å². The summed E-state index contributed by atoms with van der Waals surface area (Å²) in [6.45, 7) is 3.44. The molecule has 128 valence electrons. The fourth-order valence-corrected chi connectivity index (χ4v) is 3.60. The lowest BCUT2D eigenvalue weighted by Gasteiger charge is -2.05. The van der Waals surface area contributed by atoms with Crippen molar-refractivity contribution >= 4 is 33.9 Å². The summed E-state index contributed by atoms with van der Waals surface area (Å²) in [4.78, 5) is 21.2. The predicted octanol–water partition coefficient (Wildman–Crippen LogP) is 4.65. The number of hydrogen-bond acceptors (Lipinski definition) is 6. The topological polar surface area (TPSA) is 75.9 Å². The largest absolute Gasteiger partial charge is 0.408 e. The Hall–Kier alpha value is -2.60. The van der Waals surface area contributed by atoms with E-state index in [2.05, 4.69) is 16.9 Å². The van der Waals surface area contributed by atoms with Crippen LogP contribution in [0.5, 0.6) is 5.88 Å². The molecule has 3 aromatic rings. The highest BCUT2D eigenvalue weighted by molar-refractivity contribution is 7.15. The highest BCUT2D eigenvalue weighted by Gasteiger charge is 2.12. The third kappa shape index (κ3) is 4.09. The lowest BCUT2D eigenvalue weighted by molar-refractivity contribution is -0.132. The van der Waals surface area contributed by atoms with Crippen LogP contribution in [0.1, 0.15) is 31.6 Å². The molecule has 3 rings (SSSR count). The molecule has 0 bridgehead atoms. The standard InChI is InChI=1S/C19H19N3O2S/c1-3-5-14(20)10-15-11-21-19(25-15)16-7-4-6-13-8-9-17(22-18(13)16)24-12(2)23/h4,6-9,11,20H,3,5,10H2,1-2H3. The number of pyridine rings is 1. The molecular formula is C19H19N3O2S. The fourth-order valence-electron chi connectivity index (χ4n) is 2.62. The first kappa shape index (κ1) is 17.2. The Bertz CT molecular complexity index is 933. The third-order valence-electron chi connectivity index (χ3n) is 3.67. The van der Waals surface area contributed by atoms with Crippen molar-refractivity contribution < 1.29 is 9.53 Å². The van der Waals surface area contributed by atoms with Crippen molar-refractivity contribution in [1.29, 1.82) is 5.41 Å². The minimum absolute atomic E-state index is 0.286. The van der Waals surface area contributed by atoms with Crippen LogP contribution in [-0.2, 0) is 11.2 Å². The summed E-state index contributed by atoms with van der Waals surface area (Å²) in [7, 11) is 0. The maximum atomic E-state index is 11.2. The molecule has 6 heteroatoms. The monoisotopic (exact) mass is 353 g/mol. The second-order valence-corrected chi connectivity index (χ2v) is 6.90. The number of thiazole rings is 1. The van der Waals surface area contributed by atoms with E-state index in [0.29, 0.717) is 6.42 Å². The Morgan fingerprint density at radius 3 is 2.88 bits per heavy atom. The molecule has 0 saturated heterocycles. The zero-order valence-electron chi connectivity index (χ0n) is 14.2. The number of esters is 1. The van der Waals surface area contributed by atoms with Gasteiger partial charge in [0.2, 0.25) is 5.88 Å². The number of para-hydroxylation sites is 1. The van der Waals surface area contributed by atoms with Gasteiger partial charge in [-0.1, -0.05) is 25.5 Å². The molecule has 0 spiro atoms. The van der Waals surface area contributed by atoms with E-state index in [1.54, 1.807) is 17.4 Å². The Balaban J connectivity index is 1.96. The quantitative estimate of drug-likeness (QED) is 0.517. The van der Waals surface area contributed by atoms with Crippen molar-refractivity contribution in [2.24, 2.45) is 0 Å². The maximum Gasteiger partial charge on any atom is 0.309 e. The normalized spacial score (nSPS) is 10.8. The van der Waals surface area contributed by atoms with Crippen LogP contribution in [0.2, 0.25) is 0 Å². The van der Waals surface area contributed by atoms with Crippen LogP contribution >= 0.6 is 11.3 Å². The number of hydrogen-bond donors (Lipinski definition) is 1. The summed E-state index contributed by atoms with van der Waals surface area (Å²) in [5.74, 6) is -0.107. The molecular weight excluding hydrogens is 334 g/mol. The second-order valence-electron chi connectivity index (χ2n) is 5.78. The molecule has 5 nitrogen and oxygen atoms in total. The minimum atomic E-state index is -0.393. The molecule has 0 unspecified atom stereocenters. The molecule has 0 atom stereocenters.